The van der Waals surface area contributed by atoms with Gasteiger partial charge in [0.25, 0.3) is 0 Å². The summed E-state index contributed by atoms with van der Waals surface area (Å²) in [5.74, 6) is 0.595. The molecule has 0 amide bonds. The Hall–Kier alpha value is -2.36. The van der Waals surface area contributed by atoms with Crippen LogP contribution in [0, 0.1) is 12.7 Å². The Morgan fingerprint density at radius 2 is 2.00 bits per heavy atom. The van der Waals surface area contributed by atoms with Crippen LogP contribution in [0.4, 0.5) is 4.39 Å². The second-order valence-electron chi connectivity index (χ2n) is 5.24. The quantitative estimate of drug-likeness (QED) is 0.780. The lowest BCUT2D eigenvalue weighted by Gasteiger charge is -2.09. The molecule has 0 aliphatic carbocycles. The predicted octanol–water partition coefficient (Wildman–Crippen LogP) is 4.27. The maximum absolute atomic E-state index is 13.5. The van der Waals surface area contributed by atoms with Crippen LogP contribution in [-0.4, -0.2) is 14.7 Å². The first-order valence-electron chi connectivity index (χ1n) is 7.06. The van der Waals surface area contributed by atoms with Gasteiger partial charge in [0, 0.05) is 6.54 Å². The van der Waals surface area contributed by atoms with E-state index in [4.69, 9.17) is 0 Å². The van der Waals surface area contributed by atoms with Crippen molar-refractivity contribution in [3.05, 3.63) is 47.8 Å². The highest BCUT2D eigenvalue weighted by atomic mass is 19.1. The van der Waals surface area contributed by atoms with E-state index in [1.54, 1.807) is 12.1 Å². The van der Waals surface area contributed by atoms with E-state index in [0.29, 0.717) is 11.4 Å². The summed E-state index contributed by atoms with van der Waals surface area (Å²) in [7, 11) is 0. The van der Waals surface area contributed by atoms with Gasteiger partial charge in [-0.15, -0.1) is 0 Å². The van der Waals surface area contributed by atoms with Crippen LogP contribution in [0.15, 0.2) is 36.4 Å². The summed E-state index contributed by atoms with van der Waals surface area (Å²) in [5.41, 5.74) is 3.15. The summed E-state index contributed by atoms with van der Waals surface area (Å²) in [5, 5.41) is 10.2. The van der Waals surface area contributed by atoms with Crippen LogP contribution in [-0.2, 0) is 6.54 Å². The van der Waals surface area contributed by atoms with Gasteiger partial charge in [-0.25, -0.2) is 9.37 Å². The van der Waals surface area contributed by atoms with E-state index < -0.39 is 0 Å². The molecule has 108 valence electrons. The predicted molar refractivity (Wildman–Crippen MR) is 81.8 cm³/mol. The Morgan fingerprint density at radius 3 is 2.71 bits per heavy atom. The third-order valence-electron chi connectivity index (χ3n) is 3.55. The first kappa shape index (κ1) is 13.6. The van der Waals surface area contributed by atoms with Gasteiger partial charge >= 0.3 is 0 Å². The highest BCUT2D eigenvalue weighted by molar-refractivity contribution is 5.82. The van der Waals surface area contributed by atoms with E-state index in [1.807, 2.05) is 23.6 Å². The van der Waals surface area contributed by atoms with Gasteiger partial charge in [-0.2, -0.15) is 0 Å². The molecular formula is C17H17FN2O. The average Bonchev–Trinajstić information content (AvgIpc) is 2.78. The van der Waals surface area contributed by atoms with Crippen LogP contribution in [0.25, 0.3) is 22.4 Å². The number of fused-ring (bicyclic) bond motifs is 1. The Labute approximate surface area is 122 Å². The highest BCUT2D eigenvalue weighted by Gasteiger charge is 2.15. The number of aromatic hydroxyl groups is 1. The first-order valence-corrected chi connectivity index (χ1v) is 7.06. The fourth-order valence-corrected chi connectivity index (χ4v) is 2.58. The fourth-order valence-electron chi connectivity index (χ4n) is 2.58. The summed E-state index contributed by atoms with van der Waals surface area (Å²) >= 11 is 0. The topological polar surface area (TPSA) is 38.0 Å². The van der Waals surface area contributed by atoms with Crippen LogP contribution in [0.1, 0.15) is 18.9 Å². The van der Waals surface area contributed by atoms with Crippen molar-refractivity contribution in [3.63, 3.8) is 0 Å². The molecule has 1 aromatic heterocycles. The molecule has 0 atom stereocenters. The lowest BCUT2D eigenvalue weighted by Crippen LogP contribution is -2.00. The van der Waals surface area contributed by atoms with Crippen molar-refractivity contribution in [1.82, 2.24) is 9.55 Å². The zero-order chi connectivity index (χ0) is 15.0. The van der Waals surface area contributed by atoms with Gasteiger partial charge in [0.2, 0.25) is 0 Å². The monoisotopic (exact) mass is 284 g/mol. The number of aryl methyl sites for hydroxylation is 2. The number of benzene rings is 2. The molecule has 1 N–H and O–H groups in total. The Morgan fingerprint density at radius 1 is 1.19 bits per heavy atom. The summed E-state index contributed by atoms with van der Waals surface area (Å²) in [6.45, 7) is 4.71. The third-order valence-corrected chi connectivity index (χ3v) is 3.55. The second kappa shape index (κ2) is 5.20. The Bertz CT molecular complexity index is 808. The number of halogens is 1. The molecular weight excluding hydrogens is 267 g/mol. The standard InChI is InChI=1S/C17H17FN2O/c1-3-8-20-15-10-12(18)5-7-14(15)19-17(20)13-6-4-11(2)9-16(13)21/h4-7,9-10,21H,3,8H2,1-2H3. The first-order chi connectivity index (χ1) is 10.1. The lowest BCUT2D eigenvalue weighted by atomic mass is 10.1. The highest BCUT2D eigenvalue weighted by Crippen LogP contribution is 2.32. The van der Waals surface area contributed by atoms with Gasteiger partial charge in [0.1, 0.15) is 17.4 Å². The Balaban J connectivity index is 2.28. The smallest absolute Gasteiger partial charge is 0.144 e. The number of aromatic nitrogens is 2. The number of imidazole rings is 1. The largest absolute Gasteiger partial charge is 0.507 e. The molecule has 3 aromatic rings. The van der Waals surface area contributed by atoms with Crippen LogP contribution < -0.4 is 0 Å². The second-order valence-corrected chi connectivity index (χ2v) is 5.24. The van der Waals surface area contributed by atoms with Gasteiger partial charge < -0.3 is 9.67 Å². The summed E-state index contributed by atoms with van der Waals surface area (Å²) < 4.78 is 15.5. The van der Waals surface area contributed by atoms with Crippen molar-refractivity contribution in [2.45, 2.75) is 26.8 Å². The number of hydrogen-bond acceptors (Lipinski definition) is 2. The molecule has 0 aliphatic rings. The number of phenols is 1. The third kappa shape index (κ3) is 2.37. The van der Waals surface area contributed by atoms with Gasteiger partial charge in [-0.1, -0.05) is 13.0 Å². The van der Waals surface area contributed by atoms with Crippen LogP contribution in [0.2, 0.25) is 0 Å². The molecule has 3 nitrogen and oxygen atoms in total. The zero-order valence-electron chi connectivity index (χ0n) is 12.1. The number of nitrogens with zero attached hydrogens (tertiary/aromatic N) is 2. The fraction of sp³-hybridized carbons (Fsp3) is 0.235. The maximum atomic E-state index is 13.5. The SMILES string of the molecule is CCCn1c(-c2ccc(C)cc2O)nc2ccc(F)cc21. The van der Waals surface area contributed by atoms with Gasteiger partial charge in [0.05, 0.1) is 16.6 Å². The molecule has 0 unspecified atom stereocenters. The molecule has 0 spiro atoms. The van der Waals surface area contributed by atoms with E-state index in [1.165, 1.54) is 12.1 Å². The normalized spacial score (nSPS) is 11.2. The molecule has 0 saturated carbocycles. The summed E-state index contributed by atoms with van der Waals surface area (Å²) in [6, 6.07) is 10.1. The van der Waals surface area contributed by atoms with E-state index in [2.05, 4.69) is 11.9 Å². The minimum Gasteiger partial charge on any atom is -0.507 e. The minimum atomic E-state index is -0.278. The zero-order valence-corrected chi connectivity index (χ0v) is 12.1. The molecule has 4 heteroatoms. The van der Waals surface area contributed by atoms with Crippen LogP contribution in [0.3, 0.4) is 0 Å². The van der Waals surface area contributed by atoms with Crippen molar-refractivity contribution in [2.75, 3.05) is 0 Å². The van der Waals surface area contributed by atoms with Crippen LogP contribution in [0.5, 0.6) is 5.75 Å². The Kier molecular flexibility index (Phi) is 3.37. The minimum absolute atomic E-state index is 0.197. The molecule has 3 rings (SSSR count). The van der Waals surface area contributed by atoms with E-state index in [9.17, 15) is 9.50 Å². The molecule has 0 bridgehead atoms. The van der Waals surface area contributed by atoms with Gasteiger partial charge in [0.15, 0.2) is 0 Å². The lowest BCUT2D eigenvalue weighted by molar-refractivity contribution is 0.476. The molecule has 0 radical (unpaired) electrons. The number of phenolic OH excluding ortho intramolecular Hbond substituents is 1. The van der Waals surface area contributed by atoms with E-state index in [-0.39, 0.29) is 11.6 Å². The molecule has 0 fully saturated rings. The number of hydrogen-bond donors (Lipinski definition) is 1. The molecule has 0 aliphatic heterocycles. The summed E-state index contributed by atoms with van der Waals surface area (Å²) in [4.78, 5) is 4.57. The van der Waals surface area contributed by atoms with Crippen molar-refractivity contribution >= 4 is 11.0 Å². The van der Waals surface area contributed by atoms with E-state index >= 15 is 0 Å². The number of rotatable bonds is 3. The van der Waals surface area contributed by atoms with Crippen molar-refractivity contribution in [3.8, 4) is 17.1 Å². The van der Waals surface area contributed by atoms with Crippen molar-refractivity contribution in [1.29, 1.82) is 0 Å². The van der Waals surface area contributed by atoms with Crippen molar-refractivity contribution < 1.29 is 9.50 Å². The van der Waals surface area contributed by atoms with Crippen LogP contribution >= 0.6 is 0 Å². The summed E-state index contributed by atoms with van der Waals surface area (Å²) in [6.07, 6.45) is 0.904. The van der Waals surface area contributed by atoms with E-state index in [0.717, 1.165) is 29.6 Å². The molecule has 1 heterocycles. The average molecular weight is 284 g/mol. The maximum Gasteiger partial charge on any atom is 0.144 e. The van der Waals surface area contributed by atoms with Crippen molar-refractivity contribution in [2.24, 2.45) is 0 Å². The van der Waals surface area contributed by atoms with Gasteiger partial charge in [-0.3, -0.25) is 0 Å². The molecule has 0 saturated heterocycles. The van der Waals surface area contributed by atoms with Gasteiger partial charge in [-0.05, 0) is 49.2 Å². The molecule has 2 aromatic carbocycles. The molecule has 21 heavy (non-hydrogen) atoms.